The quantitative estimate of drug-likeness (QED) is 0.569. The largest absolute Gasteiger partial charge is 0.310 e. The van der Waals surface area contributed by atoms with Crippen molar-refractivity contribution in [1.29, 1.82) is 0 Å². The number of nitrogens with one attached hydrogen (secondary N) is 2. The number of hydrogen-bond acceptors (Lipinski definition) is 2. The molecular weight excluding hydrogens is 148 g/mol. The number of fused-ring (bicyclic) bond motifs is 1. The molecule has 0 radical (unpaired) electrons. The highest BCUT2D eigenvalue weighted by molar-refractivity contribution is 4.94. The Bertz CT molecular complexity index is 140. The molecule has 12 heavy (non-hydrogen) atoms. The predicted molar refractivity (Wildman–Crippen MR) is 51.2 cm³/mol. The van der Waals surface area contributed by atoms with Gasteiger partial charge in [-0.05, 0) is 39.5 Å². The molecular formula is C10H20N2. The number of hydrogen-bond donors (Lipinski definition) is 2. The maximum atomic E-state index is 3.68. The van der Waals surface area contributed by atoms with Crippen LogP contribution in [0, 0.1) is 0 Å². The average Bonchev–Trinajstić information content (AvgIpc) is 2.05. The summed E-state index contributed by atoms with van der Waals surface area (Å²) in [5, 5.41) is 7.35. The summed E-state index contributed by atoms with van der Waals surface area (Å²) < 4.78 is 0. The molecule has 0 aromatic carbocycles. The molecule has 2 rings (SSSR count). The zero-order valence-electron chi connectivity index (χ0n) is 8.14. The monoisotopic (exact) mass is 168 g/mol. The topological polar surface area (TPSA) is 24.1 Å². The molecule has 0 aromatic heterocycles. The minimum absolute atomic E-state index is 0.737. The van der Waals surface area contributed by atoms with Gasteiger partial charge >= 0.3 is 0 Å². The maximum absolute atomic E-state index is 3.68. The molecule has 0 aromatic rings. The van der Waals surface area contributed by atoms with Gasteiger partial charge in [0.25, 0.3) is 0 Å². The molecule has 0 aliphatic carbocycles. The number of piperidine rings is 2. The zero-order chi connectivity index (χ0) is 8.55. The molecule has 70 valence electrons. The van der Waals surface area contributed by atoms with Crippen molar-refractivity contribution >= 4 is 0 Å². The van der Waals surface area contributed by atoms with Crippen LogP contribution in [-0.4, -0.2) is 24.2 Å². The molecule has 2 nitrogen and oxygen atoms in total. The summed E-state index contributed by atoms with van der Waals surface area (Å²) in [6.07, 6.45) is 5.40. The van der Waals surface area contributed by atoms with Gasteiger partial charge in [0.1, 0.15) is 0 Å². The first-order chi connectivity index (χ1) is 5.75. The third-order valence-electron chi connectivity index (χ3n) is 3.30. The second kappa shape index (κ2) is 3.35. The first-order valence-corrected chi connectivity index (χ1v) is 5.28. The molecule has 2 aliphatic rings. The molecule has 2 aliphatic heterocycles. The van der Waals surface area contributed by atoms with Crippen molar-refractivity contribution in [1.82, 2.24) is 10.6 Å². The molecule has 0 saturated carbocycles. The van der Waals surface area contributed by atoms with Crippen LogP contribution >= 0.6 is 0 Å². The lowest BCUT2D eigenvalue weighted by Crippen LogP contribution is -2.59. The Kier molecular flexibility index (Phi) is 2.37. The Balaban J connectivity index is 1.94. The fourth-order valence-electron chi connectivity index (χ4n) is 2.56. The van der Waals surface area contributed by atoms with Crippen molar-refractivity contribution in [3.8, 4) is 0 Å². The Labute approximate surface area is 75.1 Å². The molecule has 0 amide bonds. The lowest BCUT2D eigenvalue weighted by Gasteiger charge is -2.42. The van der Waals surface area contributed by atoms with Crippen LogP contribution in [0.5, 0.6) is 0 Å². The van der Waals surface area contributed by atoms with Gasteiger partial charge in [-0.1, -0.05) is 0 Å². The fraction of sp³-hybridized carbons (Fsp3) is 1.00. The second-order valence-electron chi connectivity index (χ2n) is 4.50. The van der Waals surface area contributed by atoms with E-state index in [4.69, 9.17) is 0 Å². The highest BCUT2D eigenvalue weighted by atomic mass is 15.1. The van der Waals surface area contributed by atoms with Gasteiger partial charge in [-0.25, -0.2) is 0 Å². The van der Waals surface area contributed by atoms with E-state index in [-0.39, 0.29) is 0 Å². The van der Waals surface area contributed by atoms with E-state index in [1.807, 2.05) is 0 Å². The number of rotatable bonds is 0. The van der Waals surface area contributed by atoms with Gasteiger partial charge in [0.2, 0.25) is 0 Å². The van der Waals surface area contributed by atoms with Crippen molar-refractivity contribution in [2.24, 2.45) is 0 Å². The van der Waals surface area contributed by atoms with Gasteiger partial charge < -0.3 is 10.6 Å². The molecule has 2 saturated heterocycles. The highest BCUT2D eigenvalue weighted by Gasteiger charge is 2.31. The van der Waals surface area contributed by atoms with Gasteiger partial charge in [0.15, 0.2) is 0 Å². The highest BCUT2D eigenvalue weighted by Crippen LogP contribution is 2.22. The normalized spacial score (nSPS) is 48.5. The Morgan fingerprint density at radius 2 is 1.17 bits per heavy atom. The van der Waals surface area contributed by atoms with E-state index in [1.165, 1.54) is 25.7 Å². The predicted octanol–water partition coefficient (Wildman–Crippen LogP) is 1.27. The first kappa shape index (κ1) is 8.52. The smallest absolute Gasteiger partial charge is 0.0224 e. The SMILES string of the molecule is C[C@H]1CC[C@H]2N[C@@H](C)CC[C@H]2N1. The molecule has 0 spiro atoms. The van der Waals surface area contributed by atoms with Gasteiger partial charge in [0.05, 0.1) is 0 Å². The lowest BCUT2D eigenvalue weighted by molar-refractivity contribution is 0.192. The standard InChI is InChI=1S/C10H20N2/c1-7-3-5-10-9(11-7)6-4-8(2)12-10/h7-12H,3-6H2,1-2H3/t7-,8-,9+,10+/m0/s1. The molecule has 2 fully saturated rings. The van der Waals surface area contributed by atoms with Crippen molar-refractivity contribution in [2.75, 3.05) is 0 Å². The first-order valence-electron chi connectivity index (χ1n) is 5.28. The summed E-state index contributed by atoms with van der Waals surface area (Å²) in [5.74, 6) is 0. The molecule has 2 heterocycles. The van der Waals surface area contributed by atoms with E-state index in [9.17, 15) is 0 Å². The van der Waals surface area contributed by atoms with Gasteiger partial charge in [-0.15, -0.1) is 0 Å². The zero-order valence-corrected chi connectivity index (χ0v) is 8.14. The van der Waals surface area contributed by atoms with Crippen LogP contribution in [0.2, 0.25) is 0 Å². The van der Waals surface area contributed by atoms with Gasteiger partial charge in [-0.3, -0.25) is 0 Å². The summed E-state index contributed by atoms with van der Waals surface area (Å²) in [5.41, 5.74) is 0. The molecule has 0 unspecified atom stereocenters. The Morgan fingerprint density at radius 1 is 0.750 bits per heavy atom. The third kappa shape index (κ3) is 1.64. The van der Waals surface area contributed by atoms with E-state index in [2.05, 4.69) is 24.5 Å². The average molecular weight is 168 g/mol. The van der Waals surface area contributed by atoms with E-state index in [1.54, 1.807) is 0 Å². The molecule has 0 bridgehead atoms. The molecule has 2 N–H and O–H groups in total. The van der Waals surface area contributed by atoms with Crippen LogP contribution in [0.1, 0.15) is 39.5 Å². The van der Waals surface area contributed by atoms with Crippen molar-refractivity contribution in [3.63, 3.8) is 0 Å². The summed E-state index contributed by atoms with van der Waals surface area (Å²) >= 11 is 0. The van der Waals surface area contributed by atoms with Crippen LogP contribution in [0.3, 0.4) is 0 Å². The summed E-state index contributed by atoms with van der Waals surface area (Å²) in [6.45, 7) is 4.60. The van der Waals surface area contributed by atoms with Crippen LogP contribution in [0.15, 0.2) is 0 Å². The van der Waals surface area contributed by atoms with E-state index in [0.29, 0.717) is 0 Å². The Morgan fingerprint density at radius 3 is 1.58 bits per heavy atom. The van der Waals surface area contributed by atoms with E-state index in [0.717, 1.165) is 24.2 Å². The van der Waals surface area contributed by atoms with E-state index < -0.39 is 0 Å². The van der Waals surface area contributed by atoms with Gasteiger partial charge in [0, 0.05) is 24.2 Å². The third-order valence-corrected chi connectivity index (χ3v) is 3.30. The molecule has 2 heteroatoms. The summed E-state index contributed by atoms with van der Waals surface area (Å²) in [6, 6.07) is 2.98. The summed E-state index contributed by atoms with van der Waals surface area (Å²) in [7, 11) is 0. The lowest BCUT2D eigenvalue weighted by atomic mass is 9.86. The molecule has 4 atom stereocenters. The minimum Gasteiger partial charge on any atom is -0.310 e. The minimum atomic E-state index is 0.737. The van der Waals surface area contributed by atoms with Crippen LogP contribution in [-0.2, 0) is 0 Å². The van der Waals surface area contributed by atoms with Crippen molar-refractivity contribution in [2.45, 2.75) is 63.7 Å². The fourth-order valence-corrected chi connectivity index (χ4v) is 2.56. The second-order valence-corrected chi connectivity index (χ2v) is 4.50. The van der Waals surface area contributed by atoms with Crippen LogP contribution in [0.25, 0.3) is 0 Å². The van der Waals surface area contributed by atoms with Crippen LogP contribution in [0.4, 0.5) is 0 Å². The Hall–Kier alpha value is -0.0800. The van der Waals surface area contributed by atoms with E-state index >= 15 is 0 Å². The summed E-state index contributed by atoms with van der Waals surface area (Å²) in [4.78, 5) is 0. The van der Waals surface area contributed by atoms with Gasteiger partial charge in [-0.2, -0.15) is 0 Å². The van der Waals surface area contributed by atoms with Crippen molar-refractivity contribution in [3.05, 3.63) is 0 Å². The maximum Gasteiger partial charge on any atom is 0.0224 e. The van der Waals surface area contributed by atoms with Crippen molar-refractivity contribution < 1.29 is 0 Å². The van der Waals surface area contributed by atoms with Crippen LogP contribution < -0.4 is 10.6 Å².